The zero-order chi connectivity index (χ0) is 12.1. The third-order valence-corrected chi connectivity index (χ3v) is 2.63. The molecule has 0 fully saturated rings. The summed E-state index contributed by atoms with van der Waals surface area (Å²) in [7, 11) is 0. The van der Waals surface area contributed by atoms with Crippen LogP contribution < -0.4 is 0 Å². The van der Waals surface area contributed by atoms with Crippen molar-refractivity contribution in [3.05, 3.63) is 41.5 Å². The molecule has 0 radical (unpaired) electrons. The molecule has 1 aliphatic rings. The molecule has 16 heavy (non-hydrogen) atoms. The van der Waals surface area contributed by atoms with Crippen molar-refractivity contribution in [1.29, 1.82) is 0 Å². The minimum Gasteiger partial charge on any atom is -0.353 e. The van der Waals surface area contributed by atoms with E-state index in [1.807, 2.05) is 0 Å². The second-order valence-corrected chi connectivity index (χ2v) is 3.87. The molecule has 2 rings (SSSR count). The van der Waals surface area contributed by atoms with Crippen LogP contribution in [0.5, 0.6) is 0 Å². The molecule has 0 atom stereocenters. The van der Waals surface area contributed by atoms with Crippen LogP contribution in [0.3, 0.4) is 0 Å². The molecule has 0 unspecified atom stereocenters. The summed E-state index contributed by atoms with van der Waals surface area (Å²) in [6.45, 7) is 5.47. The molecule has 0 amide bonds. The minimum absolute atomic E-state index is 0.0375. The number of hydrogen-bond donors (Lipinski definition) is 2. The van der Waals surface area contributed by atoms with E-state index in [9.17, 15) is 19.8 Å². The van der Waals surface area contributed by atoms with Crippen molar-refractivity contribution in [2.24, 2.45) is 0 Å². The SMILES string of the molecule is C=C(C)c1ccc2c(c1)C(=O)C(O)(O)C2=O. The van der Waals surface area contributed by atoms with Gasteiger partial charge in [-0.25, -0.2) is 0 Å². The Bertz CT molecular complexity index is 526. The number of benzene rings is 1. The standard InChI is InChI=1S/C12H10O4/c1-6(2)7-3-4-8-9(5-7)11(14)12(15,16)10(8)13/h3-5,15-16H,1H2,2H3. The quantitative estimate of drug-likeness (QED) is 0.539. The van der Waals surface area contributed by atoms with E-state index in [4.69, 9.17) is 0 Å². The minimum atomic E-state index is -2.91. The monoisotopic (exact) mass is 218 g/mol. The van der Waals surface area contributed by atoms with Crippen LogP contribution in [0.2, 0.25) is 0 Å². The van der Waals surface area contributed by atoms with Crippen LogP contribution in [0.25, 0.3) is 5.57 Å². The van der Waals surface area contributed by atoms with Crippen molar-refractivity contribution in [1.82, 2.24) is 0 Å². The van der Waals surface area contributed by atoms with Gasteiger partial charge in [0.2, 0.25) is 11.6 Å². The third-order valence-electron chi connectivity index (χ3n) is 2.63. The lowest BCUT2D eigenvalue weighted by atomic mass is 10.0. The summed E-state index contributed by atoms with van der Waals surface area (Å²) < 4.78 is 0. The maximum absolute atomic E-state index is 11.6. The molecule has 0 heterocycles. The normalized spacial score (nSPS) is 17.4. The van der Waals surface area contributed by atoms with Crippen LogP contribution in [-0.4, -0.2) is 27.6 Å². The molecule has 1 aromatic rings. The van der Waals surface area contributed by atoms with E-state index in [1.54, 1.807) is 13.0 Å². The Hall–Kier alpha value is -1.78. The van der Waals surface area contributed by atoms with Gasteiger partial charge >= 0.3 is 0 Å². The van der Waals surface area contributed by atoms with Crippen LogP contribution in [-0.2, 0) is 0 Å². The molecule has 0 saturated heterocycles. The number of aliphatic hydroxyl groups is 2. The number of fused-ring (bicyclic) bond motifs is 1. The summed E-state index contributed by atoms with van der Waals surface area (Å²) in [5, 5.41) is 18.6. The number of carbonyl (C=O) groups excluding carboxylic acids is 2. The topological polar surface area (TPSA) is 74.6 Å². The first kappa shape index (κ1) is 10.7. The van der Waals surface area contributed by atoms with Gasteiger partial charge in [0.1, 0.15) is 0 Å². The molecule has 1 aliphatic carbocycles. The summed E-state index contributed by atoms with van der Waals surface area (Å²) >= 11 is 0. The first-order chi connectivity index (χ1) is 7.35. The maximum atomic E-state index is 11.6. The Balaban J connectivity index is 2.65. The summed E-state index contributed by atoms with van der Waals surface area (Å²) in [5.41, 5.74) is 1.50. The number of Topliss-reactive ketones (excluding diaryl/α,β-unsaturated/α-hetero) is 2. The number of allylic oxidation sites excluding steroid dienone is 1. The first-order valence-corrected chi connectivity index (χ1v) is 4.70. The van der Waals surface area contributed by atoms with Gasteiger partial charge in [-0.3, -0.25) is 9.59 Å². The second-order valence-electron chi connectivity index (χ2n) is 3.87. The summed E-state index contributed by atoms with van der Waals surface area (Å²) in [4.78, 5) is 23.0. The molecule has 0 spiro atoms. The molecule has 4 heteroatoms. The average Bonchev–Trinajstić information content (AvgIpc) is 2.40. The van der Waals surface area contributed by atoms with Crippen molar-refractivity contribution in [2.75, 3.05) is 0 Å². The second kappa shape index (κ2) is 3.10. The van der Waals surface area contributed by atoms with E-state index in [-0.39, 0.29) is 11.1 Å². The first-order valence-electron chi connectivity index (χ1n) is 4.70. The highest BCUT2D eigenvalue weighted by Gasteiger charge is 2.50. The van der Waals surface area contributed by atoms with Crippen LogP contribution >= 0.6 is 0 Å². The molecule has 0 saturated carbocycles. The van der Waals surface area contributed by atoms with Gasteiger partial charge in [0.05, 0.1) is 0 Å². The van der Waals surface area contributed by atoms with Crippen LogP contribution in [0, 0.1) is 0 Å². The summed E-state index contributed by atoms with van der Waals surface area (Å²) in [6, 6.07) is 4.48. The lowest BCUT2D eigenvalue weighted by Gasteiger charge is -2.08. The fraction of sp³-hybridized carbons (Fsp3) is 0.167. The van der Waals surface area contributed by atoms with Gasteiger partial charge in [0.15, 0.2) is 0 Å². The Kier molecular flexibility index (Phi) is 2.08. The van der Waals surface area contributed by atoms with Crippen LogP contribution in [0.4, 0.5) is 0 Å². The van der Waals surface area contributed by atoms with Gasteiger partial charge in [-0.15, -0.1) is 0 Å². The maximum Gasteiger partial charge on any atom is 0.295 e. The van der Waals surface area contributed by atoms with Gasteiger partial charge in [0, 0.05) is 11.1 Å². The van der Waals surface area contributed by atoms with E-state index >= 15 is 0 Å². The molecule has 0 bridgehead atoms. The van der Waals surface area contributed by atoms with Gasteiger partial charge in [-0.1, -0.05) is 18.2 Å². The molecule has 1 aromatic carbocycles. The van der Waals surface area contributed by atoms with Crippen molar-refractivity contribution < 1.29 is 19.8 Å². The van der Waals surface area contributed by atoms with Crippen molar-refractivity contribution in [2.45, 2.75) is 12.7 Å². The molecule has 2 N–H and O–H groups in total. The Morgan fingerprint density at radius 3 is 2.31 bits per heavy atom. The number of ketones is 2. The highest BCUT2D eigenvalue weighted by atomic mass is 16.5. The predicted molar refractivity (Wildman–Crippen MR) is 57.0 cm³/mol. The molecular weight excluding hydrogens is 208 g/mol. The molecule has 0 aliphatic heterocycles. The van der Waals surface area contributed by atoms with E-state index in [1.165, 1.54) is 12.1 Å². The van der Waals surface area contributed by atoms with Crippen molar-refractivity contribution >= 4 is 17.1 Å². The number of rotatable bonds is 1. The third kappa shape index (κ3) is 1.24. The fourth-order valence-electron chi connectivity index (χ4n) is 1.67. The highest BCUT2D eigenvalue weighted by Crippen LogP contribution is 2.30. The lowest BCUT2D eigenvalue weighted by molar-refractivity contribution is -0.0857. The zero-order valence-corrected chi connectivity index (χ0v) is 8.65. The molecule has 4 nitrogen and oxygen atoms in total. The summed E-state index contributed by atoms with van der Waals surface area (Å²) in [5.74, 6) is -4.85. The van der Waals surface area contributed by atoms with E-state index in [0.717, 1.165) is 5.57 Å². The Morgan fingerprint density at radius 2 is 1.75 bits per heavy atom. The van der Waals surface area contributed by atoms with Gasteiger partial charge in [0.25, 0.3) is 5.79 Å². The van der Waals surface area contributed by atoms with Gasteiger partial charge in [-0.2, -0.15) is 0 Å². The van der Waals surface area contributed by atoms with E-state index < -0.39 is 17.4 Å². The zero-order valence-electron chi connectivity index (χ0n) is 8.65. The van der Waals surface area contributed by atoms with Crippen molar-refractivity contribution in [3.63, 3.8) is 0 Å². The lowest BCUT2D eigenvalue weighted by Crippen LogP contribution is -2.40. The molecule has 0 aromatic heterocycles. The van der Waals surface area contributed by atoms with Crippen molar-refractivity contribution in [3.8, 4) is 0 Å². The smallest absolute Gasteiger partial charge is 0.295 e. The largest absolute Gasteiger partial charge is 0.353 e. The number of hydrogen-bond acceptors (Lipinski definition) is 4. The van der Waals surface area contributed by atoms with Gasteiger partial charge < -0.3 is 10.2 Å². The molecular formula is C12H10O4. The Labute approximate surface area is 91.8 Å². The Morgan fingerprint density at radius 1 is 1.19 bits per heavy atom. The van der Waals surface area contributed by atoms with Crippen LogP contribution in [0.15, 0.2) is 24.8 Å². The van der Waals surface area contributed by atoms with Gasteiger partial charge in [-0.05, 0) is 24.6 Å². The van der Waals surface area contributed by atoms with E-state index in [2.05, 4.69) is 6.58 Å². The average molecular weight is 218 g/mol. The predicted octanol–water partition coefficient (Wildman–Crippen LogP) is 0.780. The number of carbonyl (C=O) groups is 2. The highest BCUT2D eigenvalue weighted by molar-refractivity contribution is 6.30. The van der Waals surface area contributed by atoms with Crippen LogP contribution in [0.1, 0.15) is 33.2 Å². The molecule has 82 valence electrons. The summed E-state index contributed by atoms with van der Waals surface area (Å²) in [6.07, 6.45) is 0. The van der Waals surface area contributed by atoms with E-state index in [0.29, 0.717) is 5.56 Å². The fourth-order valence-corrected chi connectivity index (χ4v) is 1.67.